The topological polar surface area (TPSA) is 15.3 Å². The second-order valence-corrected chi connectivity index (χ2v) is 2.28. The molecule has 1 atom stereocenters. The lowest BCUT2D eigenvalue weighted by Gasteiger charge is -2.23. The predicted molar refractivity (Wildman–Crippen MR) is 45.7 cm³/mol. The van der Waals surface area contributed by atoms with Gasteiger partial charge in [-0.3, -0.25) is 5.43 Å². The summed E-state index contributed by atoms with van der Waals surface area (Å²) < 4.78 is 0. The molecule has 0 rings (SSSR count). The molecular formula is C8H18N2. The van der Waals surface area contributed by atoms with Crippen LogP contribution in [0.2, 0.25) is 0 Å². The fraction of sp³-hybridized carbons (Fsp3) is 0.750. The first-order valence-electron chi connectivity index (χ1n) is 3.83. The van der Waals surface area contributed by atoms with Crippen molar-refractivity contribution in [2.75, 3.05) is 13.6 Å². The average Bonchev–Trinajstić information content (AvgIpc) is 1.91. The Morgan fingerprint density at radius 2 is 2.20 bits per heavy atom. The summed E-state index contributed by atoms with van der Waals surface area (Å²) in [4.78, 5) is 0. The van der Waals surface area contributed by atoms with Crippen molar-refractivity contribution in [2.24, 2.45) is 0 Å². The van der Waals surface area contributed by atoms with Crippen LogP contribution in [0, 0.1) is 0 Å². The van der Waals surface area contributed by atoms with Gasteiger partial charge in [-0.2, -0.15) is 0 Å². The normalized spacial score (nSPS) is 14.9. The van der Waals surface area contributed by atoms with Gasteiger partial charge in [0.1, 0.15) is 0 Å². The van der Waals surface area contributed by atoms with Gasteiger partial charge < -0.3 is 0 Å². The molecule has 1 N–H and O–H groups in total. The monoisotopic (exact) mass is 142 g/mol. The number of hydrogen-bond donors (Lipinski definition) is 1. The third-order valence-electron chi connectivity index (χ3n) is 1.59. The van der Waals surface area contributed by atoms with Crippen LogP contribution in [0.3, 0.4) is 0 Å². The Labute approximate surface area is 63.9 Å². The molecule has 2 heteroatoms. The lowest BCUT2D eigenvalue weighted by molar-refractivity contribution is 0.188. The maximum atomic E-state index is 3.12. The van der Waals surface area contributed by atoms with E-state index in [0.717, 1.165) is 6.54 Å². The van der Waals surface area contributed by atoms with Crippen molar-refractivity contribution in [1.82, 2.24) is 10.4 Å². The number of hydrogen-bond acceptors (Lipinski definition) is 2. The number of allylic oxidation sites excluding steroid dienone is 1. The Balaban J connectivity index is 3.75. The largest absolute Gasteiger partial charge is 0.258 e. The lowest BCUT2D eigenvalue weighted by atomic mass is 10.3. The van der Waals surface area contributed by atoms with Crippen LogP contribution >= 0.6 is 0 Å². The van der Waals surface area contributed by atoms with Gasteiger partial charge >= 0.3 is 0 Å². The molecule has 0 aromatic carbocycles. The van der Waals surface area contributed by atoms with Gasteiger partial charge in [0.15, 0.2) is 0 Å². The molecule has 0 aromatic rings. The van der Waals surface area contributed by atoms with Gasteiger partial charge in [0, 0.05) is 12.6 Å². The summed E-state index contributed by atoms with van der Waals surface area (Å²) in [6.45, 7) is 7.37. The van der Waals surface area contributed by atoms with E-state index >= 15 is 0 Å². The molecule has 1 unspecified atom stereocenters. The summed E-state index contributed by atoms with van der Waals surface area (Å²) in [5.41, 5.74) is 3.12. The van der Waals surface area contributed by atoms with Crippen molar-refractivity contribution >= 4 is 0 Å². The molecule has 0 amide bonds. The molecule has 0 fully saturated rings. The summed E-state index contributed by atoms with van der Waals surface area (Å²) in [6, 6.07) is 0.486. The number of hydrazine groups is 1. The Bertz CT molecular complexity index is 95.4. The highest BCUT2D eigenvalue weighted by atomic mass is 15.5. The molecular weight excluding hydrogens is 124 g/mol. The number of nitrogens with zero attached hydrogens (tertiary/aromatic N) is 1. The summed E-state index contributed by atoms with van der Waals surface area (Å²) in [5.74, 6) is 0. The zero-order chi connectivity index (χ0) is 7.98. The van der Waals surface area contributed by atoms with Crippen LogP contribution < -0.4 is 5.43 Å². The molecule has 0 heterocycles. The second-order valence-electron chi connectivity index (χ2n) is 2.28. The van der Waals surface area contributed by atoms with Crippen LogP contribution in [-0.4, -0.2) is 24.6 Å². The van der Waals surface area contributed by atoms with Crippen molar-refractivity contribution in [3.63, 3.8) is 0 Å². The standard InChI is InChI=1S/C8H18N2/c1-5-7-8(3)10(6-2)9-4/h5,7-9H,6H2,1-4H3/b7-5-. The van der Waals surface area contributed by atoms with E-state index in [0.29, 0.717) is 6.04 Å². The van der Waals surface area contributed by atoms with Gasteiger partial charge in [-0.1, -0.05) is 19.1 Å². The van der Waals surface area contributed by atoms with Crippen LogP contribution in [0.15, 0.2) is 12.2 Å². The average molecular weight is 142 g/mol. The summed E-state index contributed by atoms with van der Waals surface area (Å²) in [7, 11) is 1.95. The summed E-state index contributed by atoms with van der Waals surface area (Å²) >= 11 is 0. The van der Waals surface area contributed by atoms with Crippen LogP contribution in [0.1, 0.15) is 20.8 Å². The quantitative estimate of drug-likeness (QED) is 0.471. The van der Waals surface area contributed by atoms with Crippen LogP contribution in [0.5, 0.6) is 0 Å². The highest BCUT2D eigenvalue weighted by Gasteiger charge is 2.03. The van der Waals surface area contributed by atoms with Gasteiger partial charge in [0.2, 0.25) is 0 Å². The molecule has 2 nitrogen and oxygen atoms in total. The first-order valence-corrected chi connectivity index (χ1v) is 3.83. The highest BCUT2D eigenvalue weighted by Crippen LogP contribution is 1.94. The van der Waals surface area contributed by atoms with E-state index in [1.165, 1.54) is 0 Å². The van der Waals surface area contributed by atoms with Gasteiger partial charge in [-0.15, -0.1) is 0 Å². The van der Waals surface area contributed by atoms with Crippen LogP contribution in [0.25, 0.3) is 0 Å². The third kappa shape index (κ3) is 2.99. The van der Waals surface area contributed by atoms with E-state index < -0.39 is 0 Å². The first-order chi connectivity index (χ1) is 4.76. The molecule has 0 aliphatic carbocycles. The van der Waals surface area contributed by atoms with Gasteiger partial charge in [0.25, 0.3) is 0 Å². The minimum Gasteiger partial charge on any atom is -0.258 e. The van der Waals surface area contributed by atoms with Crippen molar-refractivity contribution in [1.29, 1.82) is 0 Å². The van der Waals surface area contributed by atoms with Crippen molar-refractivity contribution in [3.05, 3.63) is 12.2 Å². The van der Waals surface area contributed by atoms with E-state index in [1.54, 1.807) is 0 Å². The molecule has 0 aliphatic heterocycles. The minimum atomic E-state index is 0.486. The van der Waals surface area contributed by atoms with E-state index in [9.17, 15) is 0 Å². The van der Waals surface area contributed by atoms with Crippen LogP contribution in [0.4, 0.5) is 0 Å². The molecule has 0 bridgehead atoms. The van der Waals surface area contributed by atoms with E-state index in [1.807, 2.05) is 14.0 Å². The smallest absolute Gasteiger partial charge is 0.0394 e. The van der Waals surface area contributed by atoms with E-state index in [2.05, 4.69) is 36.4 Å². The third-order valence-corrected chi connectivity index (χ3v) is 1.59. The minimum absolute atomic E-state index is 0.486. The maximum Gasteiger partial charge on any atom is 0.0394 e. The first kappa shape index (κ1) is 9.66. The zero-order valence-corrected chi connectivity index (χ0v) is 7.39. The van der Waals surface area contributed by atoms with E-state index in [4.69, 9.17) is 0 Å². The Morgan fingerprint density at radius 1 is 1.60 bits per heavy atom. The fourth-order valence-corrected chi connectivity index (χ4v) is 1.03. The summed E-state index contributed by atoms with van der Waals surface area (Å²) in [6.07, 6.45) is 4.24. The molecule has 0 aromatic heterocycles. The zero-order valence-electron chi connectivity index (χ0n) is 7.39. The molecule has 0 saturated heterocycles. The highest BCUT2D eigenvalue weighted by molar-refractivity contribution is 4.87. The van der Waals surface area contributed by atoms with Crippen molar-refractivity contribution in [3.8, 4) is 0 Å². The van der Waals surface area contributed by atoms with Gasteiger partial charge in [-0.25, -0.2) is 5.01 Å². The van der Waals surface area contributed by atoms with E-state index in [-0.39, 0.29) is 0 Å². The predicted octanol–water partition coefficient (Wildman–Crippen LogP) is 1.41. The van der Waals surface area contributed by atoms with Crippen molar-refractivity contribution in [2.45, 2.75) is 26.8 Å². The number of likely N-dealkylation sites (N-methyl/N-ethyl adjacent to an activating group) is 1. The summed E-state index contributed by atoms with van der Waals surface area (Å²) in [5, 5.41) is 2.17. The molecule has 60 valence electrons. The SMILES string of the molecule is C/C=C\C(C)N(CC)NC. The molecule has 0 spiro atoms. The maximum absolute atomic E-state index is 3.12. The Morgan fingerprint density at radius 3 is 2.50 bits per heavy atom. The lowest BCUT2D eigenvalue weighted by Crippen LogP contribution is -2.40. The molecule has 10 heavy (non-hydrogen) atoms. The van der Waals surface area contributed by atoms with Crippen LogP contribution in [-0.2, 0) is 0 Å². The Kier molecular flexibility index (Phi) is 5.26. The van der Waals surface area contributed by atoms with Gasteiger partial charge in [-0.05, 0) is 20.9 Å². The second kappa shape index (κ2) is 5.45. The van der Waals surface area contributed by atoms with Crippen molar-refractivity contribution < 1.29 is 0 Å². The molecule has 0 saturated carbocycles. The number of nitrogens with one attached hydrogen (secondary N) is 1. The van der Waals surface area contributed by atoms with Gasteiger partial charge in [0.05, 0.1) is 0 Å². The molecule has 0 radical (unpaired) electrons. The fourth-order valence-electron chi connectivity index (χ4n) is 1.03. The Hall–Kier alpha value is -0.340. The number of rotatable bonds is 4. The molecule has 0 aliphatic rings.